The van der Waals surface area contributed by atoms with Crippen molar-refractivity contribution in [1.82, 2.24) is 0 Å². The van der Waals surface area contributed by atoms with Crippen molar-refractivity contribution in [2.45, 2.75) is 232 Å². The molecule has 0 saturated heterocycles. The molecule has 0 saturated carbocycles. The van der Waals surface area contributed by atoms with Crippen molar-refractivity contribution in [1.29, 1.82) is 0 Å². The Kier molecular flexibility index (Phi) is 54.0. The molecule has 6 heteroatoms. The van der Waals surface area contributed by atoms with Crippen LogP contribution in [0.5, 0.6) is 0 Å². The summed E-state index contributed by atoms with van der Waals surface area (Å²) < 4.78 is 16.7. The van der Waals surface area contributed by atoms with Gasteiger partial charge in [0.2, 0.25) is 0 Å². The molecular formula is C65H102O6. The fourth-order valence-electron chi connectivity index (χ4n) is 7.14. The summed E-state index contributed by atoms with van der Waals surface area (Å²) in [5, 5.41) is 0. The van der Waals surface area contributed by atoms with Crippen molar-refractivity contribution in [3.63, 3.8) is 0 Å². The highest BCUT2D eigenvalue weighted by molar-refractivity contribution is 5.71. The Hall–Kier alpha value is -4.71. The highest BCUT2D eigenvalue weighted by Crippen LogP contribution is 2.13. The summed E-state index contributed by atoms with van der Waals surface area (Å²) in [5.41, 5.74) is 0. The minimum Gasteiger partial charge on any atom is -0.462 e. The maximum Gasteiger partial charge on any atom is 0.306 e. The average Bonchev–Trinajstić information content (AvgIpc) is 3.37. The van der Waals surface area contributed by atoms with Crippen LogP contribution in [0.1, 0.15) is 226 Å². The zero-order chi connectivity index (χ0) is 51.4. The SMILES string of the molecule is CC/C=C\C/C=C\C/C=C\C/C=C\C/C=C\C/C=C\CCC(=O)OC[C@H](COC(=O)CCC/C=C\C/C=C\C/C=C\C/C=C\C/C=C\CC)OC(=O)CCCCCCCCC/C=C\CCCCCCCC. The molecule has 0 rings (SSSR count). The molecule has 0 amide bonds. The van der Waals surface area contributed by atoms with E-state index in [1.165, 1.54) is 77.0 Å². The van der Waals surface area contributed by atoms with E-state index in [-0.39, 0.29) is 50.4 Å². The molecule has 0 aromatic carbocycles. The van der Waals surface area contributed by atoms with Gasteiger partial charge in [-0.1, -0.05) is 231 Å². The minimum atomic E-state index is -0.841. The summed E-state index contributed by atoms with van der Waals surface area (Å²) in [6.07, 6.45) is 82.8. The largest absolute Gasteiger partial charge is 0.462 e. The third-order valence-electron chi connectivity index (χ3n) is 11.3. The molecule has 0 aliphatic rings. The number of ether oxygens (including phenoxy) is 3. The van der Waals surface area contributed by atoms with E-state index in [0.29, 0.717) is 12.8 Å². The first-order valence-electron chi connectivity index (χ1n) is 28.3. The number of carbonyl (C=O) groups is 3. The standard InChI is InChI=1S/C65H102O6/c1-4-7-10-13-16-19-22-25-28-31-32-35-37-40-43-46-49-52-55-58-64(67)70-61-62(71-65(68)59-56-53-50-47-44-41-38-34-30-27-24-21-18-15-12-9-6-3)60-69-63(66)57-54-51-48-45-42-39-36-33-29-26-23-20-17-14-11-8-5-2/h7-8,10-11,16-17,19-20,25-30,32,35-36,39-40,43,45,48-49,52,62H,4-6,9,12-15,18,21-24,31,33-34,37-38,41-42,44,46-47,50-51,53-61H2,1-3H3/b10-7-,11-8-,19-16-,20-17-,28-25-,29-26-,30-27-,35-32-,39-36-,43-40-,48-45-,52-49-/t62-/m0/s1. The molecular weight excluding hydrogens is 877 g/mol. The van der Waals surface area contributed by atoms with E-state index in [9.17, 15) is 14.4 Å². The zero-order valence-electron chi connectivity index (χ0n) is 45.4. The van der Waals surface area contributed by atoms with Gasteiger partial charge in [-0.15, -0.1) is 0 Å². The van der Waals surface area contributed by atoms with Gasteiger partial charge in [0.05, 0.1) is 0 Å². The maximum atomic E-state index is 12.9. The van der Waals surface area contributed by atoms with Crippen molar-refractivity contribution >= 4 is 17.9 Å². The second-order valence-electron chi connectivity index (χ2n) is 18.1. The monoisotopic (exact) mass is 979 g/mol. The maximum absolute atomic E-state index is 12.9. The molecule has 71 heavy (non-hydrogen) atoms. The van der Waals surface area contributed by atoms with Crippen LogP contribution in [0.3, 0.4) is 0 Å². The molecule has 0 fully saturated rings. The molecule has 0 bridgehead atoms. The van der Waals surface area contributed by atoms with Crippen molar-refractivity contribution in [3.05, 3.63) is 146 Å². The van der Waals surface area contributed by atoms with E-state index in [1.54, 1.807) is 0 Å². The first-order chi connectivity index (χ1) is 35.0. The van der Waals surface area contributed by atoms with Crippen LogP contribution >= 0.6 is 0 Å². The highest BCUT2D eigenvalue weighted by atomic mass is 16.6. The third-order valence-corrected chi connectivity index (χ3v) is 11.3. The number of rotatable bonds is 49. The first kappa shape index (κ1) is 66.3. The van der Waals surface area contributed by atoms with Crippen LogP contribution < -0.4 is 0 Å². The van der Waals surface area contributed by atoms with Crippen molar-refractivity contribution in [2.24, 2.45) is 0 Å². The van der Waals surface area contributed by atoms with Crippen LogP contribution in [0.4, 0.5) is 0 Å². The van der Waals surface area contributed by atoms with Gasteiger partial charge < -0.3 is 14.2 Å². The molecule has 398 valence electrons. The highest BCUT2D eigenvalue weighted by Gasteiger charge is 2.19. The third kappa shape index (κ3) is 56.1. The molecule has 0 unspecified atom stereocenters. The molecule has 1 atom stereocenters. The van der Waals surface area contributed by atoms with Crippen molar-refractivity contribution in [2.75, 3.05) is 13.2 Å². The lowest BCUT2D eigenvalue weighted by Crippen LogP contribution is -2.30. The Morgan fingerprint density at radius 2 is 0.592 bits per heavy atom. The quantitative estimate of drug-likeness (QED) is 0.0262. The second kappa shape index (κ2) is 57.9. The minimum absolute atomic E-state index is 0.138. The van der Waals surface area contributed by atoms with E-state index < -0.39 is 6.10 Å². The van der Waals surface area contributed by atoms with Gasteiger partial charge in [0.15, 0.2) is 6.10 Å². The second-order valence-corrected chi connectivity index (χ2v) is 18.1. The van der Waals surface area contributed by atoms with E-state index in [2.05, 4.69) is 154 Å². The topological polar surface area (TPSA) is 78.9 Å². The summed E-state index contributed by atoms with van der Waals surface area (Å²) >= 11 is 0. The Balaban J connectivity index is 4.62. The van der Waals surface area contributed by atoms with Crippen LogP contribution in [0.15, 0.2) is 146 Å². The fraction of sp³-hybridized carbons (Fsp3) is 0.585. The van der Waals surface area contributed by atoms with Gasteiger partial charge in [-0.3, -0.25) is 14.4 Å². The van der Waals surface area contributed by atoms with E-state index in [0.717, 1.165) is 96.3 Å². The normalized spacial score (nSPS) is 13.2. The number of hydrogen-bond acceptors (Lipinski definition) is 6. The fourth-order valence-corrected chi connectivity index (χ4v) is 7.14. The van der Waals surface area contributed by atoms with E-state index in [4.69, 9.17) is 14.2 Å². The lowest BCUT2D eigenvalue weighted by molar-refractivity contribution is -0.166. The Labute approximate surface area is 436 Å². The Bertz CT molecular complexity index is 1590. The predicted octanol–water partition coefficient (Wildman–Crippen LogP) is 19.2. The van der Waals surface area contributed by atoms with Gasteiger partial charge in [-0.05, 0) is 122 Å². The van der Waals surface area contributed by atoms with Crippen molar-refractivity contribution < 1.29 is 28.6 Å². The number of hydrogen-bond donors (Lipinski definition) is 0. The molecule has 0 spiro atoms. The Morgan fingerprint density at radius 1 is 0.296 bits per heavy atom. The van der Waals surface area contributed by atoms with Crippen LogP contribution in [-0.4, -0.2) is 37.2 Å². The molecule has 0 aromatic heterocycles. The van der Waals surface area contributed by atoms with Gasteiger partial charge in [0.1, 0.15) is 13.2 Å². The Morgan fingerprint density at radius 3 is 1.00 bits per heavy atom. The number of esters is 3. The zero-order valence-corrected chi connectivity index (χ0v) is 45.4. The van der Waals surface area contributed by atoms with Crippen molar-refractivity contribution in [3.8, 4) is 0 Å². The van der Waals surface area contributed by atoms with E-state index in [1.807, 2.05) is 12.2 Å². The van der Waals surface area contributed by atoms with Gasteiger partial charge in [0.25, 0.3) is 0 Å². The summed E-state index contributed by atoms with van der Waals surface area (Å²) in [7, 11) is 0. The van der Waals surface area contributed by atoms with E-state index >= 15 is 0 Å². The summed E-state index contributed by atoms with van der Waals surface area (Å²) in [5.74, 6) is -1.09. The van der Waals surface area contributed by atoms with Crippen LogP contribution in [-0.2, 0) is 28.6 Å². The van der Waals surface area contributed by atoms with Crippen LogP contribution in [0.2, 0.25) is 0 Å². The predicted molar refractivity (Wildman–Crippen MR) is 306 cm³/mol. The molecule has 0 N–H and O–H groups in total. The summed E-state index contributed by atoms with van der Waals surface area (Å²) in [4.78, 5) is 38.1. The lowest BCUT2D eigenvalue weighted by atomic mass is 10.1. The smallest absolute Gasteiger partial charge is 0.306 e. The molecule has 0 aliphatic heterocycles. The molecule has 0 aliphatic carbocycles. The van der Waals surface area contributed by atoms with Gasteiger partial charge in [-0.2, -0.15) is 0 Å². The molecule has 0 heterocycles. The van der Waals surface area contributed by atoms with Gasteiger partial charge in [0, 0.05) is 19.3 Å². The molecule has 0 aromatic rings. The van der Waals surface area contributed by atoms with Gasteiger partial charge in [-0.25, -0.2) is 0 Å². The summed E-state index contributed by atoms with van der Waals surface area (Å²) in [6, 6.07) is 0. The molecule has 6 nitrogen and oxygen atoms in total. The van der Waals surface area contributed by atoms with Crippen LogP contribution in [0, 0.1) is 0 Å². The number of allylic oxidation sites excluding steroid dienone is 24. The lowest BCUT2D eigenvalue weighted by Gasteiger charge is -2.18. The number of unbranched alkanes of at least 4 members (excludes halogenated alkanes) is 14. The number of carbonyl (C=O) groups excluding carboxylic acids is 3. The van der Waals surface area contributed by atoms with Gasteiger partial charge >= 0.3 is 17.9 Å². The van der Waals surface area contributed by atoms with Crippen LogP contribution in [0.25, 0.3) is 0 Å². The summed E-state index contributed by atoms with van der Waals surface area (Å²) in [6.45, 7) is 6.28. The first-order valence-corrected chi connectivity index (χ1v) is 28.3. The average molecular weight is 980 g/mol. The molecule has 0 radical (unpaired) electrons.